The first-order valence-electron chi connectivity index (χ1n) is 7.57. The number of benzene rings is 2. The molecule has 0 saturated heterocycles. The topological polar surface area (TPSA) is 59.6 Å². The first-order chi connectivity index (χ1) is 10.8. The highest BCUT2D eigenvalue weighted by molar-refractivity contribution is 5.77. The van der Waals surface area contributed by atoms with Crippen LogP contribution in [0.5, 0.6) is 5.75 Å². The van der Waals surface area contributed by atoms with E-state index in [1.165, 1.54) is 0 Å². The van der Waals surface area contributed by atoms with Crippen LogP contribution < -0.4 is 15.8 Å². The first kappa shape index (κ1) is 15.9. The lowest BCUT2D eigenvalue weighted by Crippen LogP contribution is -2.32. The molecule has 0 heterocycles. The maximum Gasteiger partial charge on any atom is 0.188 e. The molecule has 2 aromatic rings. The van der Waals surface area contributed by atoms with E-state index in [-0.39, 0.29) is 0 Å². The van der Waals surface area contributed by atoms with Crippen molar-refractivity contribution >= 4 is 5.96 Å². The maximum atomic E-state index is 5.77. The molecule has 0 fully saturated rings. The highest BCUT2D eigenvalue weighted by Gasteiger charge is 1.97. The van der Waals surface area contributed by atoms with Crippen molar-refractivity contribution in [2.24, 2.45) is 10.7 Å². The summed E-state index contributed by atoms with van der Waals surface area (Å²) in [6.45, 7) is 4.09. The zero-order valence-electron chi connectivity index (χ0n) is 13.0. The molecule has 0 aromatic heterocycles. The van der Waals surface area contributed by atoms with Crippen LogP contribution in [0.3, 0.4) is 0 Å². The Balaban J connectivity index is 1.82. The van der Waals surface area contributed by atoms with Gasteiger partial charge in [-0.3, -0.25) is 0 Å². The van der Waals surface area contributed by atoms with Crippen LogP contribution in [0, 0.1) is 0 Å². The first-order valence-corrected chi connectivity index (χ1v) is 7.57. The molecule has 0 aliphatic rings. The van der Waals surface area contributed by atoms with E-state index in [1.807, 2.05) is 30.3 Å². The van der Waals surface area contributed by atoms with E-state index < -0.39 is 0 Å². The van der Waals surface area contributed by atoms with Gasteiger partial charge in [-0.2, -0.15) is 0 Å². The average Bonchev–Trinajstić information content (AvgIpc) is 2.58. The number of ether oxygens (including phenoxy) is 1. The number of guanidine groups is 1. The summed E-state index contributed by atoms with van der Waals surface area (Å²) in [6.07, 6.45) is 1.03. The number of nitrogens with one attached hydrogen (secondary N) is 1. The normalized spacial score (nSPS) is 11.2. The molecule has 0 saturated carbocycles. The van der Waals surface area contributed by atoms with Gasteiger partial charge in [0.15, 0.2) is 5.96 Å². The molecule has 0 unspecified atom stereocenters. The van der Waals surface area contributed by atoms with Crippen LogP contribution in [0.25, 0.3) is 0 Å². The van der Waals surface area contributed by atoms with Gasteiger partial charge in [-0.05, 0) is 29.7 Å². The molecule has 0 atom stereocenters. The van der Waals surface area contributed by atoms with Gasteiger partial charge >= 0.3 is 0 Å². The summed E-state index contributed by atoms with van der Waals surface area (Å²) in [5.74, 6) is 1.38. The minimum absolute atomic E-state index is 0.498. The lowest BCUT2D eigenvalue weighted by molar-refractivity contribution is 0.306. The quantitative estimate of drug-likeness (QED) is 0.610. The van der Waals surface area contributed by atoms with Crippen molar-refractivity contribution in [3.63, 3.8) is 0 Å². The van der Waals surface area contributed by atoms with E-state index in [1.54, 1.807) is 0 Å². The standard InChI is InChI=1S/C18H23N3O/c1-2-12-20-18(19)21-13-15-8-10-16(11-9-15)14-22-17-6-4-3-5-7-17/h3-11H,2,12-14H2,1H3,(H3,19,20,21). The number of rotatable bonds is 7. The number of nitrogens with two attached hydrogens (primary N) is 1. The van der Waals surface area contributed by atoms with Gasteiger partial charge in [-0.25, -0.2) is 4.99 Å². The monoisotopic (exact) mass is 297 g/mol. The lowest BCUT2D eigenvalue weighted by Gasteiger charge is -2.07. The number of hydrogen-bond donors (Lipinski definition) is 2. The highest BCUT2D eigenvalue weighted by Crippen LogP contribution is 2.12. The third-order valence-electron chi connectivity index (χ3n) is 3.16. The molecule has 0 amide bonds. The van der Waals surface area contributed by atoms with Crippen LogP contribution in [-0.2, 0) is 13.2 Å². The Labute approximate surface area is 132 Å². The Bertz CT molecular complexity index is 579. The summed E-state index contributed by atoms with van der Waals surface area (Å²) >= 11 is 0. The van der Waals surface area contributed by atoms with Gasteiger partial charge in [-0.15, -0.1) is 0 Å². The van der Waals surface area contributed by atoms with Gasteiger partial charge in [0, 0.05) is 6.54 Å². The molecule has 22 heavy (non-hydrogen) atoms. The third-order valence-corrected chi connectivity index (χ3v) is 3.16. The Kier molecular flexibility index (Phi) is 6.30. The largest absolute Gasteiger partial charge is 0.489 e. The number of hydrogen-bond acceptors (Lipinski definition) is 2. The minimum atomic E-state index is 0.498. The van der Waals surface area contributed by atoms with E-state index in [4.69, 9.17) is 10.5 Å². The molecule has 2 aromatic carbocycles. The molecule has 0 aliphatic carbocycles. The molecular weight excluding hydrogens is 274 g/mol. The average molecular weight is 297 g/mol. The Morgan fingerprint density at radius 2 is 1.73 bits per heavy atom. The third kappa shape index (κ3) is 5.48. The van der Waals surface area contributed by atoms with Crippen LogP contribution >= 0.6 is 0 Å². The molecule has 3 N–H and O–H groups in total. The smallest absolute Gasteiger partial charge is 0.188 e. The lowest BCUT2D eigenvalue weighted by atomic mass is 10.1. The predicted octanol–water partition coefficient (Wildman–Crippen LogP) is 3.08. The highest BCUT2D eigenvalue weighted by atomic mass is 16.5. The Morgan fingerprint density at radius 1 is 1.05 bits per heavy atom. The summed E-state index contributed by atoms with van der Waals surface area (Å²) in [5, 5.41) is 3.06. The summed E-state index contributed by atoms with van der Waals surface area (Å²) in [4.78, 5) is 4.31. The van der Waals surface area contributed by atoms with E-state index in [9.17, 15) is 0 Å². The van der Waals surface area contributed by atoms with Gasteiger partial charge in [0.05, 0.1) is 6.54 Å². The second kappa shape index (κ2) is 8.72. The second-order valence-electron chi connectivity index (χ2n) is 5.05. The van der Waals surface area contributed by atoms with E-state index in [2.05, 4.69) is 41.5 Å². The number of nitrogens with zero attached hydrogens (tertiary/aromatic N) is 1. The fourth-order valence-electron chi connectivity index (χ4n) is 1.91. The van der Waals surface area contributed by atoms with E-state index >= 15 is 0 Å². The van der Waals surface area contributed by atoms with Gasteiger partial charge in [0.1, 0.15) is 12.4 Å². The second-order valence-corrected chi connectivity index (χ2v) is 5.05. The molecule has 4 nitrogen and oxygen atoms in total. The predicted molar refractivity (Wildman–Crippen MR) is 90.8 cm³/mol. The summed E-state index contributed by atoms with van der Waals surface area (Å²) < 4.78 is 5.72. The zero-order chi connectivity index (χ0) is 15.6. The van der Waals surface area contributed by atoms with Crippen molar-refractivity contribution in [1.29, 1.82) is 0 Å². The molecule has 116 valence electrons. The van der Waals surface area contributed by atoms with Gasteiger partial charge in [0.2, 0.25) is 0 Å². The van der Waals surface area contributed by atoms with Gasteiger partial charge < -0.3 is 15.8 Å². The van der Waals surface area contributed by atoms with Gasteiger partial charge in [-0.1, -0.05) is 49.4 Å². The molecule has 0 bridgehead atoms. The maximum absolute atomic E-state index is 5.77. The number of para-hydroxylation sites is 1. The summed E-state index contributed by atoms with van der Waals surface area (Å²) in [5.41, 5.74) is 8.03. The van der Waals surface area contributed by atoms with Crippen LogP contribution in [0.2, 0.25) is 0 Å². The molecule has 0 aliphatic heterocycles. The van der Waals surface area contributed by atoms with E-state index in [0.29, 0.717) is 19.1 Å². The van der Waals surface area contributed by atoms with E-state index in [0.717, 1.165) is 29.8 Å². The SMILES string of the molecule is CCCNC(N)=NCc1ccc(COc2ccccc2)cc1. The number of aliphatic imine (C=N–C) groups is 1. The van der Waals surface area contributed by atoms with Crippen LogP contribution in [-0.4, -0.2) is 12.5 Å². The van der Waals surface area contributed by atoms with Gasteiger partial charge in [0.25, 0.3) is 0 Å². The molecular formula is C18H23N3O. The molecule has 0 radical (unpaired) electrons. The molecule has 2 rings (SSSR count). The minimum Gasteiger partial charge on any atom is -0.489 e. The Morgan fingerprint density at radius 3 is 2.41 bits per heavy atom. The van der Waals surface area contributed by atoms with Crippen molar-refractivity contribution in [2.45, 2.75) is 26.5 Å². The molecule has 0 spiro atoms. The zero-order valence-corrected chi connectivity index (χ0v) is 13.0. The van der Waals surface area contributed by atoms with Crippen LogP contribution in [0.15, 0.2) is 59.6 Å². The summed E-state index contributed by atoms with van der Waals surface area (Å²) in [7, 11) is 0. The van der Waals surface area contributed by atoms with Crippen molar-refractivity contribution in [2.75, 3.05) is 6.54 Å². The van der Waals surface area contributed by atoms with Crippen molar-refractivity contribution < 1.29 is 4.74 Å². The van der Waals surface area contributed by atoms with Crippen molar-refractivity contribution in [1.82, 2.24) is 5.32 Å². The molecule has 4 heteroatoms. The summed E-state index contributed by atoms with van der Waals surface area (Å²) in [6, 6.07) is 18.0. The van der Waals surface area contributed by atoms with Crippen molar-refractivity contribution in [3.8, 4) is 5.75 Å². The van der Waals surface area contributed by atoms with Crippen LogP contribution in [0.1, 0.15) is 24.5 Å². The van der Waals surface area contributed by atoms with Crippen LogP contribution in [0.4, 0.5) is 0 Å². The van der Waals surface area contributed by atoms with Crippen molar-refractivity contribution in [3.05, 3.63) is 65.7 Å². The Hall–Kier alpha value is -2.49. The fraction of sp³-hybridized carbons (Fsp3) is 0.278. The fourth-order valence-corrected chi connectivity index (χ4v) is 1.91.